The highest BCUT2D eigenvalue weighted by molar-refractivity contribution is 7.22. The monoisotopic (exact) mass is 442 g/mol. The van der Waals surface area contributed by atoms with Crippen LogP contribution in [0.5, 0.6) is 0 Å². The van der Waals surface area contributed by atoms with Crippen LogP contribution in [0.25, 0.3) is 10.2 Å². The van der Waals surface area contributed by atoms with E-state index in [4.69, 9.17) is 4.74 Å². The predicted molar refractivity (Wildman–Crippen MR) is 105 cm³/mol. The molecule has 0 radical (unpaired) electrons. The smallest absolute Gasteiger partial charge is 0.339 e. The van der Waals surface area contributed by atoms with Gasteiger partial charge < -0.3 is 4.74 Å². The van der Waals surface area contributed by atoms with Crippen molar-refractivity contribution in [2.24, 2.45) is 0 Å². The lowest BCUT2D eigenvalue weighted by Crippen LogP contribution is -2.42. The highest BCUT2D eigenvalue weighted by Gasteiger charge is 2.49. The summed E-state index contributed by atoms with van der Waals surface area (Å²) in [5.41, 5.74) is 0.381. The van der Waals surface area contributed by atoms with Crippen LogP contribution in [0, 0.1) is 20.2 Å². The molecule has 0 aliphatic carbocycles. The number of aromatic nitrogens is 1. The van der Waals surface area contributed by atoms with Gasteiger partial charge in [0.15, 0.2) is 5.13 Å². The third kappa shape index (κ3) is 3.57. The van der Waals surface area contributed by atoms with Crippen molar-refractivity contribution >= 4 is 50.0 Å². The minimum atomic E-state index is -2.15. The molecular formula is C18H10N4O8S. The van der Waals surface area contributed by atoms with Crippen LogP contribution in [0.2, 0.25) is 0 Å². The Bertz CT molecular complexity index is 1290. The number of fused-ring (bicyclic) bond motifs is 2. The number of hydrogen-bond donors (Lipinski definition) is 1. The Morgan fingerprint density at radius 3 is 2.61 bits per heavy atom. The number of nitro groups is 2. The Morgan fingerprint density at radius 2 is 1.90 bits per heavy atom. The molecule has 4 rings (SSSR count). The summed E-state index contributed by atoms with van der Waals surface area (Å²) in [4.78, 5) is 61.9. The summed E-state index contributed by atoms with van der Waals surface area (Å²) < 4.78 is 5.38. The summed E-state index contributed by atoms with van der Waals surface area (Å²) in [7, 11) is 0. The van der Waals surface area contributed by atoms with Gasteiger partial charge in [0.05, 0.1) is 20.7 Å². The van der Waals surface area contributed by atoms with Gasteiger partial charge in [-0.3, -0.25) is 35.1 Å². The Hall–Kier alpha value is -4.26. The van der Waals surface area contributed by atoms with Crippen LogP contribution in [0.3, 0.4) is 0 Å². The number of nitrogens with zero attached hydrogens (tertiary/aromatic N) is 3. The van der Waals surface area contributed by atoms with Gasteiger partial charge in [-0.25, -0.2) is 9.78 Å². The molecule has 2 heterocycles. The maximum absolute atomic E-state index is 12.6. The number of anilines is 1. The van der Waals surface area contributed by atoms with Crippen molar-refractivity contribution in [1.82, 2.24) is 4.98 Å². The van der Waals surface area contributed by atoms with Gasteiger partial charge in [-0.05, 0) is 12.1 Å². The molecule has 3 aromatic rings. The fourth-order valence-electron chi connectivity index (χ4n) is 3.12. The van der Waals surface area contributed by atoms with E-state index in [1.54, 1.807) is 0 Å². The summed E-state index contributed by atoms with van der Waals surface area (Å²) in [5.74, 6) is -3.58. The van der Waals surface area contributed by atoms with Crippen molar-refractivity contribution < 1.29 is 29.0 Å². The Labute approximate surface area is 175 Å². The molecule has 0 fully saturated rings. The van der Waals surface area contributed by atoms with Gasteiger partial charge in [0.1, 0.15) is 0 Å². The maximum atomic E-state index is 12.6. The first-order valence-corrected chi connectivity index (χ1v) is 9.41. The van der Waals surface area contributed by atoms with Crippen LogP contribution >= 0.6 is 11.3 Å². The molecule has 1 N–H and O–H groups in total. The van der Waals surface area contributed by atoms with Crippen molar-refractivity contribution in [3.05, 3.63) is 73.8 Å². The van der Waals surface area contributed by atoms with Crippen molar-refractivity contribution in [3.8, 4) is 0 Å². The number of cyclic esters (lactones) is 1. The fraction of sp³-hybridized carbons (Fsp3) is 0.111. The fourth-order valence-corrected chi connectivity index (χ4v) is 4.02. The van der Waals surface area contributed by atoms with E-state index < -0.39 is 39.7 Å². The van der Waals surface area contributed by atoms with Gasteiger partial charge in [0.25, 0.3) is 11.5 Å². The molecule has 0 saturated heterocycles. The molecule has 0 spiro atoms. The standard InChI is InChI=1S/C18H10N4O8S/c23-14(13(22(28)29)15-9-3-1-2-4-10(9)17(25)30-15)16(24)20-18-19-11-6-5-8(21(26)27)7-12(11)31-18/h1-7,13,15H,(H,19,20,24)/t13-,15-/m1/s1. The first-order chi connectivity index (χ1) is 14.8. The largest absolute Gasteiger partial charge is 0.446 e. The van der Waals surface area contributed by atoms with Crippen LogP contribution in [0.4, 0.5) is 10.8 Å². The number of nitro benzene ring substituents is 1. The average Bonchev–Trinajstić information content (AvgIpc) is 3.28. The van der Waals surface area contributed by atoms with Gasteiger partial charge >= 0.3 is 17.9 Å². The lowest BCUT2D eigenvalue weighted by molar-refractivity contribution is -0.518. The van der Waals surface area contributed by atoms with Crippen LogP contribution in [-0.2, 0) is 14.3 Å². The Morgan fingerprint density at radius 1 is 1.16 bits per heavy atom. The zero-order chi connectivity index (χ0) is 22.3. The SMILES string of the molecule is O=C(Nc1nc2ccc([N+](=O)[O-])cc2s1)C(=O)[C@H]([C@@H]1OC(=O)c2ccccc21)[N+](=O)[O-]. The number of nitrogens with one attached hydrogen (secondary N) is 1. The number of benzene rings is 2. The number of ketones is 1. The van der Waals surface area contributed by atoms with Gasteiger partial charge in [0, 0.05) is 22.6 Å². The molecule has 0 bridgehead atoms. The second-order valence-corrected chi connectivity index (χ2v) is 7.42. The number of thiazole rings is 1. The summed E-state index contributed by atoms with van der Waals surface area (Å²) in [5, 5.41) is 24.6. The molecule has 156 valence electrons. The van der Waals surface area contributed by atoms with Gasteiger partial charge in [0.2, 0.25) is 6.10 Å². The average molecular weight is 442 g/mol. The molecule has 0 unspecified atom stereocenters. The molecule has 0 saturated carbocycles. The number of hydrogen-bond acceptors (Lipinski definition) is 10. The van der Waals surface area contributed by atoms with Gasteiger partial charge in [-0.15, -0.1) is 0 Å². The Balaban J connectivity index is 1.58. The maximum Gasteiger partial charge on any atom is 0.339 e. The summed E-state index contributed by atoms with van der Waals surface area (Å²) in [6, 6.07) is 7.57. The second kappa shape index (κ2) is 7.53. The zero-order valence-electron chi connectivity index (χ0n) is 15.2. The van der Waals surface area contributed by atoms with Gasteiger partial charge in [-0.1, -0.05) is 29.5 Å². The van der Waals surface area contributed by atoms with E-state index in [-0.39, 0.29) is 21.9 Å². The second-order valence-electron chi connectivity index (χ2n) is 6.39. The zero-order valence-corrected chi connectivity index (χ0v) is 16.0. The lowest BCUT2D eigenvalue weighted by atomic mass is 9.97. The number of ether oxygens (including phenoxy) is 1. The van der Waals surface area contributed by atoms with Crippen molar-refractivity contribution in [3.63, 3.8) is 0 Å². The molecule has 12 nitrogen and oxygen atoms in total. The minimum Gasteiger partial charge on any atom is -0.446 e. The summed E-state index contributed by atoms with van der Waals surface area (Å²) in [6.45, 7) is 0. The third-order valence-electron chi connectivity index (χ3n) is 4.53. The number of amides is 1. The topological polar surface area (TPSA) is 172 Å². The first-order valence-electron chi connectivity index (χ1n) is 8.60. The lowest BCUT2D eigenvalue weighted by Gasteiger charge is -2.14. The molecule has 2 aromatic carbocycles. The molecule has 1 aliphatic rings. The number of carbonyl (C=O) groups excluding carboxylic acids is 3. The number of rotatable bonds is 6. The van der Waals surface area contributed by atoms with Gasteiger partial charge in [-0.2, -0.15) is 0 Å². The molecule has 31 heavy (non-hydrogen) atoms. The van der Waals surface area contributed by atoms with Crippen LogP contribution < -0.4 is 5.32 Å². The first kappa shape index (κ1) is 20.0. The van der Waals surface area contributed by atoms with Crippen molar-refractivity contribution in [2.75, 3.05) is 5.32 Å². The number of carbonyl (C=O) groups is 3. The quantitative estimate of drug-likeness (QED) is 0.260. The van der Waals surface area contributed by atoms with E-state index in [9.17, 15) is 34.6 Å². The summed E-state index contributed by atoms with van der Waals surface area (Å²) in [6.07, 6.45) is -1.55. The Kier molecular flexibility index (Phi) is 4.87. The molecule has 2 atom stereocenters. The number of Topliss-reactive ketones (excluding diaryl/α,β-unsaturated/α-hetero) is 1. The van der Waals surface area contributed by atoms with E-state index in [1.807, 2.05) is 0 Å². The molecule has 13 heteroatoms. The highest BCUT2D eigenvalue weighted by Crippen LogP contribution is 2.35. The van der Waals surface area contributed by atoms with E-state index in [2.05, 4.69) is 10.3 Å². The molecular weight excluding hydrogens is 432 g/mol. The van der Waals surface area contributed by atoms with E-state index in [0.717, 1.165) is 11.3 Å². The number of esters is 1. The van der Waals surface area contributed by atoms with Crippen molar-refractivity contribution in [1.29, 1.82) is 0 Å². The van der Waals surface area contributed by atoms with Crippen LogP contribution in [-0.4, -0.2) is 38.5 Å². The molecule has 1 aliphatic heterocycles. The minimum absolute atomic E-state index is 0.0697. The van der Waals surface area contributed by atoms with E-state index in [0.29, 0.717) is 10.2 Å². The van der Waals surface area contributed by atoms with Crippen LogP contribution in [0.1, 0.15) is 22.0 Å². The third-order valence-corrected chi connectivity index (χ3v) is 5.46. The van der Waals surface area contributed by atoms with E-state index in [1.165, 1.54) is 42.5 Å². The predicted octanol–water partition coefficient (Wildman–Crippen LogP) is 2.27. The van der Waals surface area contributed by atoms with Crippen molar-refractivity contribution in [2.45, 2.75) is 12.1 Å². The molecule has 1 amide bonds. The summed E-state index contributed by atoms with van der Waals surface area (Å²) >= 11 is 0.861. The number of non-ortho nitro benzene ring substituents is 1. The highest BCUT2D eigenvalue weighted by atomic mass is 32.1. The van der Waals surface area contributed by atoms with Crippen LogP contribution in [0.15, 0.2) is 42.5 Å². The normalized spacial score (nSPS) is 15.7. The molecule has 1 aromatic heterocycles. The van der Waals surface area contributed by atoms with E-state index >= 15 is 0 Å².